The van der Waals surface area contributed by atoms with Gasteiger partial charge in [-0.1, -0.05) is 6.92 Å². The molecule has 86 valence electrons. The van der Waals surface area contributed by atoms with Gasteiger partial charge in [-0.05, 0) is 30.4 Å². The van der Waals surface area contributed by atoms with Gasteiger partial charge in [0.05, 0.1) is 15.7 Å². The average molecular weight is 238 g/mol. The van der Waals surface area contributed by atoms with Crippen LogP contribution in [-0.2, 0) is 10.8 Å². The lowest BCUT2D eigenvalue weighted by molar-refractivity contribution is 0.683. The summed E-state index contributed by atoms with van der Waals surface area (Å²) in [5.41, 5.74) is 1.44. The van der Waals surface area contributed by atoms with Crippen molar-refractivity contribution in [1.29, 1.82) is 5.26 Å². The van der Waals surface area contributed by atoms with Gasteiger partial charge in [0.2, 0.25) is 0 Å². The van der Waals surface area contributed by atoms with E-state index in [0.717, 1.165) is 5.56 Å². The molecule has 0 aromatic carbocycles. The summed E-state index contributed by atoms with van der Waals surface area (Å²) >= 11 is 0. The fraction of sp³-hybridized carbons (Fsp3) is 0.455. The minimum atomic E-state index is -1.09. The number of nitrogens with zero attached hydrogens (tertiary/aromatic N) is 2. The van der Waals surface area contributed by atoms with E-state index in [9.17, 15) is 4.21 Å². The lowest BCUT2D eigenvalue weighted by atomic mass is 10.2. The molecule has 2 N–H and O–H groups in total. The second-order valence-corrected chi connectivity index (χ2v) is 5.34. The van der Waals surface area contributed by atoms with Gasteiger partial charge in [0, 0.05) is 11.9 Å². The van der Waals surface area contributed by atoms with Gasteiger partial charge in [-0.15, -0.1) is 0 Å². The van der Waals surface area contributed by atoms with Crippen LogP contribution in [0.2, 0.25) is 0 Å². The van der Waals surface area contributed by atoms with Crippen molar-refractivity contribution in [2.24, 2.45) is 0 Å². The van der Waals surface area contributed by atoms with E-state index in [0.29, 0.717) is 22.3 Å². The Labute approximate surface area is 97.1 Å². The van der Waals surface area contributed by atoms with Crippen molar-refractivity contribution in [2.45, 2.75) is 30.6 Å². The van der Waals surface area contributed by atoms with E-state index in [1.54, 1.807) is 6.20 Å². The van der Waals surface area contributed by atoms with Gasteiger partial charge >= 0.3 is 0 Å². The molecule has 4 nitrogen and oxygen atoms in total. The Hall–Kier alpha value is -1.25. The second-order valence-electron chi connectivity index (χ2n) is 3.64. The maximum Gasteiger partial charge on any atom is 0.156 e. The van der Waals surface area contributed by atoms with Crippen LogP contribution < -0.4 is 0 Å². The number of pyridine rings is 1. The van der Waals surface area contributed by atoms with Crippen LogP contribution in [0.4, 0.5) is 0 Å². The highest BCUT2D eigenvalue weighted by molar-refractivity contribution is 7.85. The number of hydrogen-bond acceptors (Lipinski definition) is 3. The first-order chi connectivity index (χ1) is 7.26. The molecular formula is C11H14N2O2S. The lowest BCUT2D eigenvalue weighted by Crippen LogP contribution is -2.01. The zero-order valence-corrected chi connectivity index (χ0v) is 9.88. The Kier molecular flexibility index (Phi) is 4.16. The topological polar surface area (TPSA) is 85.2 Å². The van der Waals surface area contributed by atoms with Crippen LogP contribution in [0.25, 0.3) is 0 Å². The molecule has 1 saturated carbocycles. The highest BCUT2D eigenvalue weighted by Gasteiger charge is 2.25. The van der Waals surface area contributed by atoms with Gasteiger partial charge in [0.1, 0.15) is 6.07 Å². The Morgan fingerprint density at radius 3 is 2.81 bits per heavy atom. The van der Waals surface area contributed by atoms with Crippen LogP contribution in [0.5, 0.6) is 0 Å². The zero-order chi connectivity index (χ0) is 10.8. The smallest absolute Gasteiger partial charge is 0.156 e. The molecule has 1 heterocycles. The summed E-state index contributed by atoms with van der Waals surface area (Å²) in [6, 6.07) is 3.88. The Morgan fingerprint density at radius 1 is 1.62 bits per heavy atom. The summed E-state index contributed by atoms with van der Waals surface area (Å²) in [4.78, 5) is 4.67. The van der Waals surface area contributed by atoms with Crippen molar-refractivity contribution in [3.05, 3.63) is 23.5 Å². The molecule has 16 heavy (non-hydrogen) atoms. The molecule has 2 rings (SSSR count). The molecule has 1 aliphatic rings. The first-order valence-electron chi connectivity index (χ1n) is 5.04. The predicted octanol–water partition coefficient (Wildman–Crippen LogP) is 1.13. The third-order valence-corrected chi connectivity index (χ3v) is 3.86. The zero-order valence-electron chi connectivity index (χ0n) is 9.06. The number of hydrogen-bond donors (Lipinski definition) is 0. The van der Waals surface area contributed by atoms with E-state index in [1.165, 1.54) is 12.8 Å². The van der Waals surface area contributed by atoms with Gasteiger partial charge in [-0.3, -0.25) is 4.21 Å². The van der Waals surface area contributed by atoms with E-state index in [2.05, 4.69) is 4.98 Å². The van der Waals surface area contributed by atoms with Crippen LogP contribution >= 0.6 is 0 Å². The summed E-state index contributed by atoms with van der Waals surface area (Å²) in [5.74, 6) is 1.11. The van der Waals surface area contributed by atoms with Gasteiger partial charge in [0.15, 0.2) is 5.69 Å². The fourth-order valence-corrected chi connectivity index (χ4v) is 2.41. The molecule has 1 unspecified atom stereocenters. The maximum atomic E-state index is 11.7. The van der Waals surface area contributed by atoms with Crippen molar-refractivity contribution in [3.8, 4) is 6.07 Å². The molecule has 1 fully saturated rings. The summed E-state index contributed by atoms with van der Waals surface area (Å²) in [6.07, 6.45) is 4.12. The maximum absolute atomic E-state index is 11.7. The average Bonchev–Trinajstić information content (AvgIpc) is 3.11. The van der Waals surface area contributed by atoms with E-state index in [-0.39, 0.29) is 5.48 Å². The number of nitriles is 1. The van der Waals surface area contributed by atoms with E-state index in [1.807, 2.05) is 19.1 Å². The summed E-state index contributed by atoms with van der Waals surface area (Å²) in [6.45, 7) is 1.85. The van der Waals surface area contributed by atoms with Crippen LogP contribution in [0.15, 0.2) is 17.2 Å². The van der Waals surface area contributed by atoms with Gasteiger partial charge in [0.25, 0.3) is 0 Å². The molecule has 0 amide bonds. The van der Waals surface area contributed by atoms with Crippen LogP contribution in [0, 0.1) is 11.3 Å². The monoisotopic (exact) mass is 238 g/mol. The van der Waals surface area contributed by atoms with E-state index >= 15 is 0 Å². The fourth-order valence-electron chi connectivity index (χ4n) is 1.51. The molecule has 1 aromatic rings. The molecule has 0 radical (unpaired) electrons. The Bertz CT molecular complexity index is 450. The van der Waals surface area contributed by atoms with Crippen molar-refractivity contribution in [3.63, 3.8) is 0 Å². The molecule has 1 aliphatic carbocycles. The molecule has 0 bridgehead atoms. The van der Waals surface area contributed by atoms with E-state index < -0.39 is 10.8 Å². The SMILES string of the molecule is CCS(=O)c1cc(C2CC2)cnc1C#N.O. The highest BCUT2D eigenvalue weighted by Crippen LogP contribution is 2.40. The van der Waals surface area contributed by atoms with Crippen molar-refractivity contribution < 1.29 is 9.69 Å². The minimum Gasteiger partial charge on any atom is -0.412 e. The Balaban J connectivity index is 0.00000128. The van der Waals surface area contributed by atoms with Crippen molar-refractivity contribution >= 4 is 10.8 Å². The predicted molar refractivity (Wildman–Crippen MR) is 61.5 cm³/mol. The summed E-state index contributed by atoms with van der Waals surface area (Å²) < 4.78 is 11.7. The Morgan fingerprint density at radius 2 is 2.31 bits per heavy atom. The van der Waals surface area contributed by atoms with E-state index in [4.69, 9.17) is 5.26 Å². The number of rotatable bonds is 3. The molecule has 0 spiro atoms. The van der Waals surface area contributed by atoms with Gasteiger partial charge < -0.3 is 5.48 Å². The molecule has 1 aromatic heterocycles. The molecule has 5 heteroatoms. The van der Waals surface area contributed by atoms with Gasteiger partial charge in [-0.2, -0.15) is 5.26 Å². The van der Waals surface area contributed by atoms with Gasteiger partial charge in [-0.25, -0.2) is 4.98 Å². The molecule has 0 aliphatic heterocycles. The first-order valence-corrected chi connectivity index (χ1v) is 6.36. The third-order valence-electron chi connectivity index (χ3n) is 2.54. The minimum absolute atomic E-state index is 0. The van der Waals surface area contributed by atoms with Crippen molar-refractivity contribution in [2.75, 3.05) is 5.75 Å². The van der Waals surface area contributed by atoms with Crippen LogP contribution in [-0.4, -0.2) is 20.4 Å². The highest BCUT2D eigenvalue weighted by atomic mass is 32.2. The standard InChI is InChI=1S/C11H12N2OS.H2O/c1-2-15(14)11-5-9(8-3-4-8)7-13-10(11)6-12;/h5,7-8H,2-4H2,1H3;1H2. The van der Waals surface area contributed by atoms with Crippen molar-refractivity contribution in [1.82, 2.24) is 4.98 Å². The number of aromatic nitrogens is 1. The molecular weight excluding hydrogens is 224 g/mol. The quantitative estimate of drug-likeness (QED) is 0.791. The largest absolute Gasteiger partial charge is 0.412 e. The molecule has 0 saturated heterocycles. The first kappa shape index (κ1) is 12.8. The lowest BCUT2D eigenvalue weighted by Gasteiger charge is -2.04. The second kappa shape index (κ2) is 5.19. The summed E-state index contributed by atoms with van der Waals surface area (Å²) in [7, 11) is -1.09. The normalized spacial score (nSPS) is 16.0. The third kappa shape index (κ3) is 2.46. The van der Waals surface area contributed by atoms with Crippen LogP contribution in [0.3, 0.4) is 0 Å². The summed E-state index contributed by atoms with van der Waals surface area (Å²) in [5, 5.41) is 8.86. The van der Waals surface area contributed by atoms with Crippen LogP contribution in [0.1, 0.15) is 36.9 Å². The molecule has 1 atom stereocenters.